The van der Waals surface area contributed by atoms with E-state index in [9.17, 15) is 13.2 Å². The zero-order chi connectivity index (χ0) is 18.6. The highest BCUT2D eigenvalue weighted by molar-refractivity contribution is 7.99. The van der Waals surface area contributed by atoms with E-state index in [1.54, 1.807) is 0 Å². The van der Waals surface area contributed by atoms with Crippen molar-refractivity contribution < 1.29 is 17.9 Å². The van der Waals surface area contributed by atoms with E-state index < -0.39 is 12.8 Å². The highest BCUT2D eigenvalue weighted by Gasteiger charge is 2.28. The van der Waals surface area contributed by atoms with E-state index in [1.165, 1.54) is 11.8 Å². The maximum Gasteiger partial charge on any atom is 0.411 e. The van der Waals surface area contributed by atoms with Crippen LogP contribution in [-0.2, 0) is 4.74 Å². The van der Waals surface area contributed by atoms with Crippen LogP contribution < -0.4 is 0 Å². The monoisotopic (exact) mass is 405 g/mol. The molecule has 1 aromatic heterocycles. The Labute approximate surface area is 159 Å². The third-order valence-electron chi connectivity index (χ3n) is 4.19. The lowest BCUT2D eigenvalue weighted by molar-refractivity contribution is -0.172. The van der Waals surface area contributed by atoms with E-state index in [1.807, 2.05) is 24.3 Å². The molecule has 26 heavy (non-hydrogen) atoms. The third kappa shape index (κ3) is 4.92. The van der Waals surface area contributed by atoms with Crippen molar-refractivity contribution in [1.82, 2.24) is 14.8 Å². The van der Waals surface area contributed by atoms with E-state index in [-0.39, 0.29) is 12.6 Å². The van der Waals surface area contributed by atoms with Gasteiger partial charge in [-0.05, 0) is 25.0 Å². The van der Waals surface area contributed by atoms with Crippen molar-refractivity contribution in [3.05, 3.63) is 29.3 Å². The van der Waals surface area contributed by atoms with Gasteiger partial charge in [-0.1, -0.05) is 48.3 Å². The molecule has 9 heteroatoms. The van der Waals surface area contributed by atoms with Gasteiger partial charge in [0.1, 0.15) is 6.61 Å². The van der Waals surface area contributed by atoms with E-state index >= 15 is 0 Å². The Balaban J connectivity index is 1.74. The first kappa shape index (κ1) is 19.5. The van der Waals surface area contributed by atoms with Gasteiger partial charge in [0.05, 0.1) is 11.6 Å². The van der Waals surface area contributed by atoms with Crippen molar-refractivity contribution in [3.63, 3.8) is 0 Å². The number of halogens is 4. The van der Waals surface area contributed by atoms with E-state index in [4.69, 9.17) is 11.6 Å². The summed E-state index contributed by atoms with van der Waals surface area (Å²) in [5, 5.41) is 9.88. The molecule has 1 heterocycles. The van der Waals surface area contributed by atoms with Crippen molar-refractivity contribution in [2.24, 2.45) is 0 Å². The summed E-state index contributed by atoms with van der Waals surface area (Å²) in [7, 11) is 0. The summed E-state index contributed by atoms with van der Waals surface area (Å²) < 4.78 is 43.2. The van der Waals surface area contributed by atoms with Crippen LogP contribution in [-0.4, -0.2) is 39.9 Å². The van der Waals surface area contributed by atoms with Crippen LogP contribution in [0.5, 0.6) is 0 Å². The van der Waals surface area contributed by atoms with Crippen LogP contribution >= 0.6 is 23.4 Å². The maximum absolute atomic E-state index is 12.1. The number of aromatic nitrogens is 3. The molecule has 0 atom stereocenters. The number of alkyl halides is 3. The quantitative estimate of drug-likeness (QED) is 0.457. The van der Waals surface area contributed by atoms with Gasteiger partial charge >= 0.3 is 6.18 Å². The van der Waals surface area contributed by atoms with Crippen LogP contribution in [0.4, 0.5) is 13.2 Å². The van der Waals surface area contributed by atoms with E-state index in [0.717, 1.165) is 31.2 Å². The van der Waals surface area contributed by atoms with Crippen molar-refractivity contribution in [3.8, 4) is 11.4 Å². The highest BCUT2D eigenvalue weighted by Crippen LogP contribution is 2.38. The molecule has 1 aromatic carbocycles. The zero-order valence-corrected chi connectivity index (χ0v) is 15.6. The lowest BCUT2D eigenvalue weighted by atomic mass is 10.2. The molecule has 0 saturated heterocycles. The summed E-state index contributed by atoms with van der Waals surface area (Å²) in [5.74, 6) is 1.09. The first-order valence-electron chi connectivity index (χ1n) is 8.43. The molecule has 142 valence electrons. The molecular weight excluding hydrogens is 387 g/mol. The number of hydrogen-bond acceptors (Lipinski definition) is 4. The maximum atomic E-state index is 12.1. The fraction of sp³-hybridized carbons (Fsp3) is 0.529. The lowest BCUT2D eigenvalue weighted by Crippen LogP contribution is -2.18. The van der Waals surface area contributed by atoms with Gasteiger partial charge < -0.3 is 4.74 Å². The van der Waals surface area contributed by atoms with Crippen LogP contribution in [0.15, 0.2) is 29.4 Å². The fourth-order valence-corrected chi connectivity index (χ4v) is 4.15. The van der Waals surface area contributed by atoms with Crippen molar-refractivity contribution in [1.29, 1.82) is 0 Å². The first-order chi connectivity index (χ1) is 12.5. The largest absolute Gasteiger partial charge is 0.411 e. The summed E-state index contributed by atoms with van der Waals surface area (Å²) in [6.45, 7) is -1.23. The van der Waals surface area contributed by atoms with Crippen molar-refractivity contribution in [2.45, 2.75) is 43.1 Å². The van der Waals surface area contributed by atoms with Crippen LogP contribution in [0.2, 0.25) is 5.02 Å². The van der Waals surface area contributed by atoms with Gasteiger partial charge in [-0.3, -0.25) is 4.57 Å². The van der Waals surface area contributed by atoms with Gasteiger partial charge in [-0.2, -0.15) is 13.2 Å². The Morgan fingerprint density at radius 3 is 2.62 bits per heavy atom. The Kier molecular flexibility index (Phi) is 6.47. The molecule has 0 bridgehead atoms. The second kappa shape index (κ2) is 8.63. The minimum absolute atomic E-state index is 0.00310. The topological polar surface area (TPSA) is 39.9 Å². The van der Waals surface area contributed by atoms with Gasteiger partial charge in [0.25, 0.3) is 0 Å². The minimum atomic E-state index is -4.30. The molecule has 0 unspecified atom stereocenters. The fourth-order valence-electron chi connectivity index (χ4n) is 3.07. The predicted molar refractivity (Wildman–Crippen MR) is 95.6 cm³/mol. The average molecular weight is 406 g/mol. The highest BCUT2D eigenvalue weighted by atomic mass is 35.5. The van der Waals surface area contributed by atoms with Crippen LogP contribution in [0, 0.1) is 0 Å². The standard InChI is InChI=1S/C17H19ClF3N3OS/c18-14-8-4-3-7-13(14)15-22-23-16(24(15)12-5-1-2-6-12)26-10-9-25-11-17(19,20)21/h3-4,7-8,12H,1-2,5-6,9-11H2. The summed E-state index contributed by atoms with van der Waals surface area (Å²) in [4.78, 5) is 0. The molecule has 1 fully saturated rings. The first-order valence-corrected chi connectivity index (χ1v) is 9.79. The molecule has 1 aliphatic rings. The van der Waals surface area contributed by atoms with Crippen LogP contribution in [0.1, 0.15) is 31.7 Å². The van der Waals surface area contributed by atoms with Gasteiger partial charge in [0, 0.05) is 17.4 Å². The molecule has 0 radical (unpaired) electrons. The number of nitrogens with zero attached hydrogens (tertiary/aromatic N) is 3. The van der Waals surface area contributed by atoms with Crippen molar-refractivity contribution in [2.75, 3.05) is 19.0 Å². The molecule has 1 aliphatic carbocycles. The Hall–Kier alpha value is -1.25. The molecule has 0 N–H and O–H groups in total. The number of ether oxygens (including phenoxy) is 1. The molecule has 0 spiro atoms. The molecule has 3 rings (SSSR count). The molecular formula is C17H19ClF3N3OS. The SMILES string of the molecule is FC(F)(F)COCCSc1nnc(-c2ccccc2Cl)n1C1CCCC1. The lowest BCUT2D eigenvalue weighted by Gasteiger charge is -2.17. The number of thioether (sulfide) groups is 1. The smallest absolute Gasteiger partial charge is 0.371 e. The van der Waals surface area contributed by atoms with Gasteiger partial charge in [0.2, 0.25) is 0 Å². The minimum Gasteiger partial charge on any atom is -0.371 e. The Morgan fingerprint density at radius 2 is 1.92 bits per heavy atom. The number of benzene rings is 1. The second-order valence-corrected chi connectivity index (χ2v) is 7.58. The predicted octanol–water partition coefficient (Wildman–Crippen LogP) is 5.38. The van der Waals surface area contributed by atoms with Gasteiger partial charge in [0.15, 0.2) is 11.0 Å². The number of hydrogen-bond donors (Lipinski definition) is 0. The van der Waals surface area contributed by atoms with Crippen LogP contribution in [0.25, 0.3) is 11.4 Å². The average Bonchev–Trinajstić information content (AvgIpc) is 3.23. The zero-order valence-electron chi connectivity index (χ0n) is 14.0. The molecule has 0 amide bonds. The van der Waals surface area contributed by atoms with E-state index in [2.05, 4.69) is 19.5 Å². The molecule has 2 aromatic rings. The summed E-state index contributed by atoms with van der Waals surface area (Å²) in [6.07, 6.45) is 0.0558. The Morgan fingerprint density at radius 1 is 1.19 bits per heavy atom. The summed E-state index contributed by atoms with van der Waals surface area (Å²) >= 11 is 7.68. The normalized spacial score (nSPS) is 15.7. The van der Waals surface area contributed by atoms with Crippen LogP contribution in [0.3, 0.4) is 0 Å². The van der Waals surface area contributed by atoms with Gasteiger partial charge in [-0.15, -0.1) is 10.2 Å². The Bertz CT molecular complexity index is 732. The second-order valence-electron chi connectivity index (χ2n) is 6.11. The summed E-state index contributed by atoms with van der Waals surface area (Å²) in [5.41, 5.74) is 0.814. The molecule has 4 nitrogen and oxygen atoms in total. The summed E-state index contributed by atoms with van der Waals surface area (Å²) in [6, 6.07) is 7.75. The van der Waals surface area contributed by atoms with Gasteiger partial charge in [-0.25, -0.2) is 0 Å². The third-order valence-corrected chi connectivity index (χ3v) is 5.43. The number of rotatable bonds is 7. The van der Waals surface area contributed by atoms with E-state index in [0.29, 0.717) is 21.8 Å². The van der Waals surface area contributed by atoms with Crippen molar-refractivity contribution >= 4 is 23.4 Å². The molecule has 0 aliphatic heterocycles. The molecule has 1 saturated carbocycles.